The minimum absolute atomic E-state index is 0.241. The first-order chi connectivity index (χ1) is 9.54. The van der Waals surface area contributed by atoms with Crippen LogP contribution in [0.1, 0.15) is 32.4 Å². The van der Waals surface area contributed by atoms with Crippen LogP contribution in [-0.2, 0) is 0 Å². The third-order valence-electron chi connectivity index (χ3n) is 3.74. The van der Waals surface area contributed by atoms with Crippen molar-refractivity contribution in [2.24, 2.45) is 5.92 Å². The minimum atomic E-state index is -0.241. The highest BCUT2D eigenvalue weighted by Gasteiger charge is 2.21. The van der Waals surface area contributed by atoms with Gasteiger partial charge in [0.25, 0.3) is 0 Å². The summed E-state index contributed by atoms with van der Waals surface area (Å²) in [6.07, 6.45) is 2.55. The van der Waals surface area contributed by atoms with Crippen LogP contribution in [0.15, 0.2) is 10.6 Å². The second-order valence-electron chi connectivity index (χ2n) is 5.75. The van der Waals surface area contributed by atoms with Gasteiger partial charge in [-0.25, -0.2) is 4.79 Å². The Morgan fingerprint density at radius 2 is 2.45 bits per heavy atom. The molecule has 1 aliphatic heterocycles. The summed E-state index contributed by atoms with van der Waals surface area (Å²) in [5.41, 5.74) is 0. The normalized spacial score (nSPS) is 21.4. The van der Waals surface area contributed by atoms with Crippen LogP contribution in [0.2, 0.25) is 0 Å². The third kappa shape index (κ3) is 4.23. The highest BCUT2D eigenvalue weighted by molar-refractivity contribution is 5.88. The molecule has 2 rings (SSSR count). The maximum Gasteiger partial charge on any atom is 0.320 e. The monoisotopic (exact) mass is 280 g/mol. The highest BCUT2D eigenvalue weighted by Crippen LogP contribution is 2.17. The zero-order valence-corrected chi connectivity index (χ0v) is 12.5. The number of nitrogens with one attached hydrogen (secondary N) is 2. The summed E-state index contributed by atoms with van der Waals surface area (Å²) in [7, 11) is 0. The number of urea groups is 1. The number of carbonyl (C=O) groups excluding carboxylic acids is 1. The predicted octanol–water partition coefficient (Wildman–Crippen LogP) is 2.22. The molecule has 6 nitrogen and oxygen atoms in total. The molecule has 2 amide bonds. The van der Waals surface area contributed by atoms with Crippen molar-refractivity contribution in [2.45, 2.75) is 39.7 Å². The van der Waals surface area contributed by atoms with Gasteiger partial charge in [-0.15, -0.1) is 0 Å². The van der Waals surface area contributed by atoms with Gasteiger partial charge >= 0.3 is 6.03 Å². The van der Waals surface area contributed by atoms with E-state index in [2.05, 4.69) is 34.5 Å². The molecule has 0 bridgehead atoms. The number of piperidine rings is 1. The van der Waals surface area contributed by atoms with Crippen molar-refractivity contribution in [3.63, 3.8) is 0 Å². The van der Waals surface area contributed by atoms with E-state index in [0.717, 1.165) is 19.0 Å². The molecule has 112 valence electrons. The van der Waals surface area contributed by atoms with Crippen LogP contribution in [0.4, 0.5) is 10.6 Å². The fourth-order valence-electron chi connectivity index (χ4n) is 2.58. The summed E-state index contributed by atoms with van der Waals surface area (Å²) in [6.45, 7) is 9.10. The summed E-state index contributed by atoms with van der Waals surface area (Å²) >= 11 is 0. The van der Waals surface area contributed by atoms with Crippen LogP contribution in [0.25, 0.3) is 0 Å². The molecule has 1 aromatic heterocycles. The van der Waals surface area contributed by atoms with Gasteiger partial charge in [-0.3, -0.25) is 10.2 Å². The molecular formula is C14H24N4O2. The Kier molecular flexibility index (Phi) is 5.00. The Morgan fingerprint density at radius 3 is 3.10 bits per heavy atom. The number of aromatic nitrogens is 1. The SMILES string of the molecule is Cc1cc(NC(=O)NC[C@@H](C)N2CCC[C@@H](C)C2)no1. The van der Waals surface area contributed by atoms with Crippen molar-refractivity contribution < 1.29 is 9.32 Å². The molecular weight excluding hydrogens is 256 g/mol. The minimum Gasteiger partial charge on any atom is -0.360 e. The number of nitrogens with zero attached hydrogens (tertiary/aromatic N) is 2. The fourth-order valence-corrected chi connectivity index (χ4v) is 2.58. The zero-order chi connectivity index (χ0) is 14.5. The van der Waals surface area contributed by atoms with E-state index in [1.165, 1.54) is 12.8 Å². The maximum absolute atomic E-state index is 11.8. The smallest absolute Gasteiger partial charge is 0.320 e. The van der Waals surface area contributed by atoms with E-state index >= 15 is 0 Å². The van der Waals surface area contributed by atoms with Crippen LogP contribution >= 0.6 is 0 Å². The number of aryl methyl sites for hydroxylation is 1. The number of hydrogen-bond acceptors (Lipinski definition) is 4. The molecule has 0 saturated carbocycles. The lowest BCUT2D eigenvalue weighted by atomic mass is 9.99. The van der Waals surface area contributed by atoms with Crippen molar-refractivity contribution in [1.29, 1.82) is 0 Å². The number of carbonyl (C=O) groups is 1. The molecule has 0 aromatic carbocycles. The molecule has 2 N–H and O–H groups in total. The van der Waals surface area contributed by atoms with Gasteiger partial charge in [0.05, 0.1) is 0 Å². The Morgan fingerprint density at radius 1 is 1.65 bits per heavy atom. The largest absolute Gasteiger partial charge is 0.360 e. The average Bonchev–Trinajstić information content (AvgIpc) is 2.81. The van der Waals surface area contributed by atoms with Gasteiger partial charge in [-0.05, 0) is 39.2 Å². The molecule has 0 unspecified atom stereocenters. The van der Waals surface area contributed by atoms with Crippen LogP contribution in [-0.4, -0.2) is 41.8 Å². The van der Waals surface area contributed by atoms with Crippen molar-refractivity contribution >= 4 is 11.8 Å². The topological polar surface area (TPSA) is 70.4 Å². The molecule has 6 heteroatoms. The molecule has 2 atom stereocenters. The third-order valence-corrected chi connectivity index (χ3v) is 3.74. The first kappa shape index (κ1) is 14.8. The molecule has 0 radical (unpaired) electrons. The van der Waals surface area contributed by atoms with E-state index in [0.29, 0.717) is 24.2 Å². The fraction of sp³-hybridized carbons (Fsp3) is 0.714. The van der Waals surface area contributed by atoms with E-state index < -0.39 is 0 Å². The molecule has 1 fully saturated rings. The molecule has 1 aliphatic rings. The number of hydrogen-bond donors (Lipinski definition) is 2. The number of likely N-dealkylation sites (tertiary alicyclic amines) is 1. The van der Waals surface area contributed by atoms with Crippen LogP contribution in [0.5, 0.6) is 0 Å². The summed E-state index contributed by atoms with van der Waals surface area (Å²) in [4.78, 5) is 14.2. The summed E-state index contributed by atoms with van der Waals surface area (Å²) in [5, 5.41) is 9.26. The zero-order valence-electron chi connectivity index (χ0n) is 12.5. The Bertz CT molecular complexity index is 446. The van der Waals surface area contributed by atoms with E-state index in [1.807, 2.05) is 0 Å². The van der Waals surface area contributed by atoms with Crippen LogP contribution < -0.4 is 10.6 Å². The molecule has 1 aromatic rings. The van der Waals surface area contributed by atoms with Gasteiger partial charge in [-0.2, -0.15) is 0 Å². The Hall–Kier alpha value is -1.56. The predicted molar refractivity (Wildman–Crippen MR) is 77.7 cm³/mol. The summed E-state index contributed by atoms with van der Waals surface area (Å²) in [6, 6.07) is 1.80. The van der Waals surface area contributed by atoms with E-state index in [9.17, 15) is 4.79 Å². The molecule has 0 spiro atoms. The van der Waals surface area contributed by atoms with Gasteiger partial charge in [0.15, 0.2) is 5.82 Å². The summed E-state index contributed by atoms with van der Waals surface area (Å²) < 4.78 is 4.90. The van der Waals surface area contributed by atoms with Gasteiger partial charge in [0, 0.05) is 25.2 Å². The average molecular weight is 280 g/mol. The Balaban J connectivity index is 1.72. The first-order valence-electron chi connectivity index (χ1n) is 7.27. The quantitative estimate of drug-likeness (QED) is 0.887. The summed E-state index contributed by atoms with van der Waals surface area (Å²) in [5.74, 6) is 1.87. The lowest BCUT2D eigenvalue weighted by Gasteiger charge is -2.35. The van der Waals surface area contributed by atoms with Gasteiger partial charge in [0.2, 0.25) is 0 Å². The van der Waals surface area contributed by atoms with Gasteiger partial charge in [-0.1, -0.05) is 12.1 Å². The highest BCUT2D eigenvalue weighted by atomic mass is 16.5. The second-order valence-corrected chi connectivity index (χ2v) is 5.75. The van der Waals surface area contributed by atoms with Gasteiger partial charge < -0.3 is 9.84 Å². The van der Waals surface area contributed by atoms with E-state index in [4.69, 9.17) is 4.52 Å². The van der Waals surface area contributed by atoms with Crippen molar-refractivity contribution in [2.75, 3.05) is 25.0 Å². The molecule has 20 heavy (non-hydrogen) atoms. The molecule has 2 heterocycles. The van der Waals surface area contributed by atoms with Crippen molar-refractivity contribution in [3.05, 3.63) is 11.8 Å². The van der Waals surface area contributed by atoms with E-state index in [-0.39, 0.29) is 6.03 Å². The lowest BCUT2D eigenvalue weighted by molar-refractivity contribution is 0.138. The molecule has 1 saturated heterocycles. The lowest BCUT2D eigenvalue weighted by Crippen LogP contribution is -2.47. The number of amides is 2. The van der Waals surface area contributed by atoms with E-state index in [1.54, 1.807) is 13.0 Å². The second kappa shape index (κ2) is 6.74. The number of rotatable bonds is 4. The van der Waals surface area contributed by atoms with Crippen LogP contribution in [0, 0.1) is 12.8 Å². The number of anilines is 1. The Labute approximate surface area is 119 Å². The van der Waals surface area contributed by atoms with Gasteiger partial charge in [0.1, 0.15) is 5.76 Å². The van der Waals surface area contributed by atoms with Crippen molar-refractivity contribution in [1.82, 2.24) is 15.4 Å². The van der Waals surface area contributed by atoms with Crippen LogP contribution in [0.3, 0.4) is 0 Å². The van der Waals surface area contributed by atoms with Crippen molar-refractivity contribution in [3.8, 4) is 0 Å². The molecule has 0 aliphatic carbocycles. The standard InChI is InChI=1S/C14H24N4O2/c1-10-5-4-6-18(9-10)11(2)8-15-14(19)16-13-7-12(3)20-17-13/h7,10-11H,4-6,8-9H2,1-3H3,(H2,15,16,17,19)/t10-,11-/m1/s1. The first-order valence-corrected chi connectivity index (χ1v) is 7.27. The maximum atomic E-state index is 11.8.